The molecule has 0 aromatic heterocycles. The largest absolute Gasteiger partial charge is 0.507 e. The summed E-state index contributed by atoms with van der Waals surface area (Å²) in [6, 6.07) is 11.2. The van der Waals surface area contributed by atoms with Crippen molar-refractivity contribution < 1.29 is 9.90 Å². The molecule has 126 valence electrons. The number of carbonyl (C=O) groups is 1. The summed E-state index contributed by atoms with van der Waals surface area (Å²) < 4.78 is 0. The minimum absolute atomic E-state index is 0.0147. The van der Waals surface area contributed by atoms with E-state index < -0.39 is 0 Å². The highest BCUT2D eigenvalue weighted by molar-refractivity contribution is 6.10. The number of carbonyl (C=O) groups excluding carboxylic acids is 1. The summed E-state index contributed by atoms with van der Waals surface area (Å²) in [6.07, 6.45) is 2.16. The van der Waals surface area contributed by atoms with Crippen molar-refractivity contribution in [3.63, 3.8) is 0 Å². The molecule has 0 amide bonds. The summed E-state index contributed by atoms with van der Waals surface area (Å²) >= 11 is 0. The van der Waals surface area contributed by atoms with Gasteiger partial charge in [0.25, 0.3) is 0 Å². The maximum absolute atomic E-state index is 12.9. The predicted octanol–water partition coefficient (Wildman–Crippen LogP) is 5.28. The van der Waals surface area contributed by atoms with Gasteiger partial charge in [0.15, 0.2) is 5.78 Å². The maximum atomic E-state index is 12.9. The standard InChI is InChI=1S/C22H26O2/c1-14-6-8-15(9-7-14)20(24)16-12-17-18(13-19(16)23)22(4,5)11-10-21(17,2)3/h6-9,12-13,23H,10-11H2,1-5H3. The first-order valence-electron chi connectivity index (χ1n) is 8.61. The van der Waals surface area contributed by atoms with Gasteiger partial charge in [-0.15, -0.1) is 0 Å². The van der Waals surface area contributed by atoms with Crippen molar-refractivity contribution in [1.29, 1.82) is 0 Å². The molecule has 0 saturated carbocycles. The van der Waals surface area contributed by atoms with Crippen molar-refractivity contribution in [2.24, 2.45) is 0 Å². The van der Waals surface area contributed by atoms with Crippen LogP contribution in [0.25, 0.3) is 0 Å². The molecule has 2 aromatic carbocycles. The Bertz CT molecular complexity index is 795. The normalized spacial score (nSPS) is 18.0. The lowest BCUT2D eigenvalue weighted by atomic mass is 9.62. The molecule has 0 fully saturated rings. The first kappa shape index (κ1) is 16.8. The third kappa shape index (κ3) is 2.75. The van der Waals surface area contributed by atoms with Crippen LogP contribution in [-0.4, -0.2) is 10.9 Å². The Labute approximate surface area is 144 Å². The number of hydrogen-bond acceptors (Lipinski definition) is 2. The van der Waals surface area contributed by atoms with Crippen LogP contribution in [-0.2, 0) is 10.8 Å². The molecule has 0 aliphatic heterocycles. The molecule has 24 heavy (non-hydrogen) atoms. The molecule has 0 bridgehead atoms. The monoisotopic (exact) mass is 322 g/mol. The molecule has 0 saturated heterocycles. The molecule has 0 unspecified atom stereocenters. The summed E-state index contributed by atoms with van der Waals surface area (Å²) in [6.45, 7) is 10.9. The van der Waals surface area contributed by atoms with E-state index in [9.17, 15) is 9.90 Å². The summed E-state index contributed by atoms with van der Waals surface area (Å²) in [5.41, 5.74) is 4.52. The van der Waals surface area contributed by atoms with Crippen molar-refractivity contribution in [2.45, 2.75) is 58.3 Å². The summed E-state index contributed by atoms with van der Waals surface area (Å²) in [4.78, 5) is 12.9. The van der Waals surface area contributed by atoms with Crippen LogP contribution < -0.4 is 0 Å². The van der Waals surface area contributed by atoms with E-state index >= 15 is 0 Å². The van der Waals surface area contributed by atoms with Crippen molar-refractivity contribution in [3.8, 4) is 5.75 Å². The fraction of sp³-hybridized carbons (Fsp3) is 0.409. The van der Waals surface area contributed by atoms with Crippen LogP contribution in [0.2, 0.25) is 0 Å². The zero-order valence-corrected chi connectivity index (χ0v) is 15.2. The fourth-order valence-electron chi connectivity index (χ4n) is 3.64. The Hall–Kier alpha value is -2.09. The van der Waals surface area contributed by atoms with Crippen molar-refractivity contribution in [2.75, 3.05) is 0 Å². The fourth-order valence-corrected chi connectivity index (χ4v) is 3.64. The van der Waals surface area contributed by atoms with Gasteiger partial charge in [0, 0.05) is 5.56 Å². The second-order valence-electron chi connectivity index (χ2n) is 8.38. The maximum Gasteiger partial charge on any atom is 0.196 e. The highest BCUT2D eigenvalue weighted by atomic mass is 16.3. The number of ketones is 1. The van der Waals surface area contributed by atoms with Crippen LogP contribution in [0, 0.1) is 6.92 Å². The van der Waals surface area contributed by atoms with E-state index in [0.717, 1.165) is 24.0 Å². The number of rotatable bonds is 2. The van der Waals surface area contributed by atoms with Crippen molar-refractivity contribution in [3.05, 3.63) is 64.2 Å². The predicted molar refractivity (Wildman–Crippen MR) is 98.0 cm³/mol. The second-order valence-corrected chi connectivity index (χ2v) is 8.38. The quantitative estimate of drug-likeness (QED) is 0.764. The number of phenolic OH excluding ortho intramolecular Hbond substituents is 1. The Morgan fingerprint density at radius 2 is 1.42 bits per heavy atom. The second kappa shape index (κ2) is 5.47. The molecular weight excluding hydrogens is 296 g/mol. The Morgan fingerprint density at radius 1 is 0.917 bits per heavy atom. The zero-order valence-electron chi connectivity index (χ0n) is 15.2. The van der Waals surface area contributed by atoms with E-state index in [1.54, 1.807) is 0 Å². The van der Waals surface area contributed by atoms with E-state index in [1.807, 2.05) is 43.3 Å². The molecule has 0 atom stereocenters. The number of fused-ring (bicyclic) bond motifs is 1. The Morgan fingerprint density at radius 3 is 1.96 bits per heavy atom. The van der Waals surface area contributed by atoms with Crippen molar-refractivity contribution in [1.82, 2.24) is 0 Å². The molecule has 1 aliphatic carbocycles. The molecule has 0 spiro atoms. The molecule has 3 rings (SSSR count). The molecule has 1 aliphatic rings. The van der Waals surface area contributed by atoms with Crippen LogP contribution in [0.4, 0.5) is 0 Å². The zero-order chi connectivity index (χ0) is 17.7. The lowest BCUT2D eigenvalue weighted by Gasteiger charge is -2.42. The van der Waals surface area contributed by atoms with Gasteiger partial charge < -0.3 is 5.11 Å². The Balaban J connectivity index is 2.14. The molecule has 0 heterocycles. The van der Waals surface area contributed by atoms with Gasteiger partial charge in [0.2, 0.25) is 0 Å². The van der Waals surface area contributed by atoms with Crippen LogP contribution >= 0.6 is 0 Å². The summed E-state index contributed by atoms with van der Waals surface area (Å²) in [5.74, 6) is -0.0282. The van der Waals surface area contributed by atoms with Gasteiger partial charge in [0.05, 0.1) is 5.56 Å². The Kier molecular flexibility index (Phi) is 3.82. The summed E-state index contributed by atoms with van der Waals surface area (Å²) in [7, 11) is 0. The van der Waals surface area contributed by atoms with Gasteiger partial charge in [-0.3, -0.25) is 4.79 Å². The van der Waals surface area contributed by atoms with Crippen LogP contribution in [0.3, 0.4) is 0 Å². The van der Waals surface area contributed by atoms with Gasteiger partial charge >= 0.3 is 0 Å². The molecule has 2 nitrogen and oxygen atoms in total. The van der Waals surface area contributed by atoms with E-state index in [1.165, 1.54) is 5.56 Å². The minimum atomic E-state index is -0.116. The number of phenols is 1. The minimum Gasteiger partial charge on any atom is -0.507 e. The number of benzene rings is 2. The average Bonchev–Trinajstić information content (AvgIpc) is 2.52. The van der Waals surface area contributed by atoms with E-state index in [4.69, 9.17) is 0 Å². The van der Waals surface area contributed by atoms with Crippen LogP contribution in [0.5, 0.6) is 5.75 Å². The third-order valence-corrected chi connectivity index (χ3v) is 5.53. The lowest BCUT2D eigenvalue weighted by molar-refractivity contribution is 0.103. The number of hydrogen-bond donors (Lipinski definition) is 1. The van der Waals surface area contributed by atoms with E-state index in [0.29, 0.717) is 11.1 Å². The average molecular weight is 322 g/mol. The van der Waals surface area contributed by atoms with E-state index in [-0.39, 0.29) is 22.4 Å². The highest BCUT2D eigenvalue weighted by Gasteiger charge is 2.38. The van der Waals surface area contributed by atoms with Gasteiger partial charge in [-0.2, -0.15) is 0 Å². The van der Waals surface area contributed by atoms with Gasteiger partial charge in [-0.1, -0.05) is 57.5 Å². The molecule has 2 aromatic rings. The van der Waals surface area contributed by atoms with Crippen LogP contribution in [0.15, 0.2) is 36.4 Å². The van der Waals surface area contributed by atoms with E-state index in [2.05, 4.69) is 27.7 Å². The summed E-state index contributed by atoms with van der Waals surface area (Å²) in [5, 5.41) is 10.5. The molecule has 0 radical (unpaired) electrons. The molecule has 1 N–H and O–H groups in total. The van der Waals surface area contributed by atoms with Crippen LogP contribution in [0.1, 0.15) is 73.1 Å². The van der Waals surface area contributed by atoms with Crippen molar-refractivity contribution >= 4 is 5.78 Å². The molecular formula is C22H26O2. The third-order valence-electron chi connectivity index (χ3n) is 5.53. The lowest BCUT2D eigenvalue weighted by Crippen LogP contribution is -2.34. The SMILES string of the molecule is Cc1ccc(C(=O)c2cc3c(cc2O)C(C)(C)CCC3(C)C)cc1. The smallest absolute Gasteiger partial charge is 0.196 e. The molecule has 2 heteroatoms. The first-order chi connectivity index (χ1) is 11.1. The number of aromatic hydroxyl groups is 1. The van der Waals surface area contributed by atoms with Gasteiger partial charge in [-0.25, -0.2) is 0 Å². The number of aryl methyl sites for hydroxylation is 1. The first-order valence-corrected chi connectivity index (χ1v) is 8.61. The highest BCUT2D eigenvalue weighted by Crippen LogP contribution is 2.47. The topological polar surface area (TPSA) is 37.3 Å². The van der Waals surface area contributed by atoms with Gasteiger partial charge in [-0.05, 0) is 53.9 Å². The van der Waals surface area contributed by atoms with Gasteiger partial charge in [0.1, 0.15) is 5.75 Å².